The van der Waals surface area contributed by atoms with Gasteiger partial charge >= 0.3 is 5.97 Å². The fourth-order valence-electron chi connectivity index (χ4n) is 1.67. The van der Waals surface area contributed by atoms with Crippen molar-refractivity contribution in [3.63, 3.8) is 0 Å². The number of thiophene rings is 1. The lowest BCUT2D eigenvalue weighted by atomic mass is 10.2. The highest BCUT2D eigenvalue weighted by Crippen LogP contribution is 2.25. The number of rotatable bonds is 5. The molecule has 0 saturated heterocycles. The largest absolute Gasteiger partial charge is 0.478 e. The standard InChI is InChI=1S/C13H11ClO4S2/c14-11-4-3-9(13(15)16)8-12(11)20(17,18)7-5-10-2-1-6-19-10/h1-4,6,8H,5,7H2,(H,15,16). The lowest BCUT2D eigenvalue weighted by Crippen LogP contribution is -2.10. The summed E-state index contributed by atoms with van der Waals surface area (Å²) in [6.45, 7) is 0. The van der Waals surface area contributed by atoms with Crippen LogP contribution < -0.4 is 0 Å². The first-order valence-corrected chi connectivity index (χ1v) is 8.59. The summed E-state index contributed by atoms with van der Waals surface area (Å²) in [6.07, 6.45) is 0.383. The van der Waals surface area contributed by atoms with Crippen molar-refractivity contribution in [1.82, 2.24) is 0 Å². The molecule has 1 aromatic carbocycles. The van der Waals surface area contributed by atoms with Crippen LogP contribution in [0.15, 0.2) is 40.6 Å². The predicted octanol–water partition coefficient (Wildman–Crippen LogP) is 3.12. The van der Waals surface area contributed by atoms with E-state index in [0.29, 0.717) is 6.42 Å². The number of carboxylic acids is 1. The molecule has 2 rings (SSSR count). The van der Waals surface area contributed by atoms with Gasteiger partial charge in [0.15, 0.2) is 9.84 Å². The van der Waals surface area contributed by atoms with E-state index < -0.39 is 15.8 Å². The first-order chi connectivity index (χ1) is 9.40. The van der Waals surface area contributed by atoms with Gasteiger partial charge in [-0.15, -0.1) is 11.3 Å². The summed E-state index contributed by atoms with van der Waals surface area (Å²) in [4.78, 5) is 11.7. The lowest BCUT2D eigenvalue weighted by molar-refractivity contribution is 0.0696. The van der Waals surface area contributed by atoms with Crippen molar-refractivity contribution in [3.05, 3.63) is 51.2 Å². The zero-order valence-corrected chi connectivity index (χ0v) is 12.6. The molecular weight excluding hydrogens is 320 g/mol. The molecule has 0 saturated carbocycles. The Morgan fingerprint density at radius 1 is 1.30 bits per heavy atom. The lowest BCUT2D eigenvalue weighted by Gasteiger charge is -2.07. The molecule has 0 aliphatic carbocycles. The molecule has 20 heavy (non-hydrogen) atoms. The molecule has 0 unspecified atom stereocenters. The molecule has 0 aliphatic heterocycles. The number of halogens is 1. The summed E-state index contributed by atoms with van der Waals surface area (Å²) in [5.41, 5.74) is -0.0934. The van der Waals surface area contributed by atoms with Crippen molar-refractivity contribution in [2.45, 2.75) is 11.3 Å². The Hall–Kier alpha value is -1.37. The van der Waals surface area contributed by atoms with Crippen LogP contribution in [0.4, 0.5) is 0 Å². The van der Waals surface area contributed by atoms with Gasteiger partial charge in [0, 0.05) is 4.88 Å². The second-order valence-corrected chi connectivity index (χ2v) is 7.62. The van der Waals surface area contributed by atoms with Gasteiger partial charge in [-0.2, -0.15) is 0 Å². The number of carbonyl (C=O) groups is 1. The SMILES string of the molecule is O=C(O)c1ccc(Cl)c(S(=O)(=O)CCc2cccs2)c1. The Bertz CT molecular complexity index is 721. The van der Waals surface area contributed by atoms with E-state index in [1.54, 1.807) is 0 Å². The van der Waals surface area contributed by atoms with Gasteiger partial charge in [0.25, 0.3) is 0 Å². The third kappa shape index (κ3) is 3.39. The van der Waals surface area contributed by atoms with Gasteiger partial charge in [0.1, 0.15) is 0 Å². The normalized spacial score (nSPS) is 11.4. The van der Waals surface area contributed by atoms with E-state index in [1.807, 2.05) is 17.5 Å². The van der Waals surface area contributed by atoms with Crippen LogP contribution in [0.5, 0.6) is 0 Å². The molecule has 0 aliphatic rings. The molecule has 2 aromatic rings. The molecule has 0 bridgehead atoms. The molecule has 1 aromatic heterocycles. The monoisotopic (exact) mass is 330 g/mol. The summed E-state index contributed by atoms with van der Waals surface area (Å²) >= 11 is 7.36. The number of benzene rings is 1. The summed E-state index contributed by atoms with van der Waals surface area (Å²) in [5, 5.41) is 10.8. The molecule has 4 nitrogen and oxygen atoms in total. The third-order valence-corrected chi connectivity index (χ3v) is 5.84. The van der Waals surface area contributed by atoms with Crippen molar-refractivity contribution in [2.24, 2.45) is 0 Å². The van der Waals surface area contributed by atoms with Gasteiger partial charge in [0.05, 0.1) is 21.2 Å². The Morgan fingerprint density at radius 2 is 2.05 bits per heavy atom. The maximum Gasteiger partial charge on any atom is 0.335 e. The minimum atomic E-state index is -3.61. The number of hydrogen-bond acceptors (Lipinski definition) is 4. The fraction of sp³-hybridized carbons (Fsp3) is 0.154. The topological polar surface area (TPSA) is 71.4 Å². The van der Waals surface area contributed by atoms with Crippen LogP contribution in [0.3, 0.4) is 0 Å². The van der Waals surface area contributed by atoms with E-state index in [9.17, 15) is 13.2 Å². The van der Waals surface area contributed by atoms with Crippen LogP contribution in [0.1, 0.15) is 15.2 Å². The van der Waals surface area contributed by atoms with Crippen LogP contribution in [-0.4, -0.2) is 25.2 Å². The molecule has 7 heteroatoms. The van der Waals surface area contributed by atoms with Crippen LogP contribution in [-0.2, 0) is 16.3 Å². The van der Waals surface area contributed by atoms with E-state index >= 15 is 0 Å². The third-order valence-electron chi connectivity index (χ3n) is 2.71. The molecular formula is C13H11ClO4S2. The van der Waals surface area contributed by atoms with E-state index in [2.05, 4.69) is 0 Å². The maximum absolute atomic E-state index is 12.3. The van der Waals surface area contributed by atoms with E-state index in [1.165, 1.54) is 23.5 Å². The van der Waals surface area contributed by atoms with Crippen LogP contribution in [0.25, 0.3) is 0 Å². The molecule has 106 valence electrons. The van der Waals surface area contributed by atoms with Crippen molar-refractivity contribution < 1.29 is 18.3 Å². The summed E-state index contributed by atoms with van der Waals surface area (Å²) in [5.74, 6) is -1.28. The molecule has 1 N–H and O–H groups in total. The van der Waals surface area contributed by atoms with Crippen LogP contribution >= 0.6 is 22.9 Å². The summed E-state index contributed by atoms with van der Waals surface area (Å²) in [6, 6.07) is 7.39. The molecule has 0 amide bonds. The second-order valence-electron chi connectivity index (χ2n) is 4.10. The highest BCUT2D eigenvalue weighted by atomic mass is 35.5. The smallest absolute Gasteiger partial charge is 0.335 e. The number of hydrogen-bond donors (Lipinski definition) is 1. The van der Waals surface area contributed by atoms with Gasteiger partial charge < -0.3 is 5.11 Å². The zero-order chi connectivity index (χ0) is 14.8. The fourth-order valence-corrected chi connectivity index (χ4v) is 4.36. The Labute approximate surface area is 125 Å². The first-order valence-electron chi connectivity index (χ1n) is 5.68. The minimum absolute atomic E-state index is 0.0428. The average molecular weight is 331 g/mol. The van der Waals surface area contributed by atoms with Gasteiger partial charge in [0.2, 0.25) is 0 Å². The van der Waals surface area contributed by atoms with E-state index in [4.69, 9.17) is 16.7 Å². The highest BCUT2D eigenvalue weighted by molar-refractivity contribution is 7.91. The molecule has 0 radical (unpaired) electrons. The van der Waals surface area contributed by atoms with Crippen molar-refractivity contribution in [1.29, 1.82) is 0 Å². The van der Waals surface area contributed by atoms with Gasteiger partial charge in [-0.05, 0) is 36.1 Å². The first kappa shape index (κ1) is 15.0. The molecule has 0 atom stereocenters. The minimum Gasteiger partial charge on any atom is -0.478 e. The molecule has 0 spiro atoms. The zero-order valence-electron chi connectivity index (χ0n) is 10.2. The Morgan fingerprint density at radius 3 is 2.65 bits per heavy atom. The van der Waals surface area contributed by atoms with E-state index in [-0.39, 0.29) is 21.2 Å². The van der Waals surface area contributed by atoms with Crippen LogP contribution in [0, 0.1) is 0 Å². The van der Waals surface area contributed by atoms with Gasteiger partial charge in [-0.25, -0.2) is 13.2 Å². The van der Waals surface area contributed by atoms with Crippen LogP contribution in [0.2, 0.25) is 5.02 Å². The second kappa shape index (κ2) is 5.95. The number of aromatic carboxylic acids is 1. The molecule has 0 fully saturated rings. The van der Waals surface area contributed by atoms with Gasteiger partial charge in [-0.3, -0.25) is 0 Å². The quantitative estimate of drug-likeness (QED) is 0.914. The predicted molar refractivity (Wildman–Crippen MR) is 78.5 cm³/mol. The average Bonchev–Trinajstić information content (AvgIpc) is 2.89. The Kier molecular flexibility index (Phi) is 4.47. The van der Waals surface area contributed by atoms with Gasteiger partial charge in [-0.1, -0.05) is 17.7 Å². The number of sulfone groups is 1. The maximum atomic E-state index is 12.3. The van der Waals surface area contributed by atoms with Crippen molar-refractivity contribution >= 4 is 38.7 Å². The van der Waals surface area contributed by atoms with E-state index in [0.717, 1.165) is 10.9 Å². The van der Waals surface area contributed by atoms with Crippen molar-refractivity contribution in [2.75, 3.05) is 5.75 Å². The Balaban J connectivity index is 2.28. The summed E-state index contributed by atoms with van der Waals surface area (Å²) in [7, 11) is -3.61. The molecule has 1 heterocycles. The summed E-state index contributed by atoms with van der Waals surface area (Å²) < 4.78 is 24.5. The number of carboxylic acid groups (broad SMARTS) is 1. The van der Waals surface area contributed by atoms with Crippen molar-refractivity contribution in [3.8, 4) is 0 Å². The number of aryl methyl sites for hydroxylation is 1. The highest BCUT2D eigenvalue weighted by Gasteiger charge is 2.20.